The highest BCUT2D eigenvalue weighted by atomic mass is 32.2. The maximum absolute atomic E-state index is 12.3. The van der Waals surface area contributed by atoms with Crippen LogP contribution in [0.2, 0.25) is 0 Å². The lowest BCUT2D eigenvalue weighted by Crippen LogP contribution is -2.25. The first-order chi connectivity index (χ1) is 8.77. The summed E-state index contributed by atoms with van der Waals surface area (Å²) in [7, 11) is -1.85. The minimum atomic E-state index is -4.50. The van der Waals surface area contributed by atoms with E-state index in [0.29, 0.717) is 6.20 Å². The standard InChI is InChI=1S/C11H12F3NO3S/c1-3-18-10(16)7(2)19(17)9-5-4-8(6-15-9)11(12,13)14/h4-7H,3H2,1-2H3/t7-,19+/m1/s1. The number of halogens is 3. The first-order valence-corrected chi connectivity index (χ1v) is 6.59. The molecule has 1 heterocycles. The molecular formula is C11H12F3NO3S. The van der Waals surface area contributed by atoms with Crippen molar-refractivity contribution in [2.24, 2.45) is 0 Å². The van der Waals surface area contributed by atoms with E-state index in [-0.39, 0.29) is 11.6 Å². The number of nitrogens with zero attached hydrogens (tertiary/aromatic N) is 1. The largest absolute Gasteiger partial charge is 0.465 e. The van der Waals surface area contributed by atoms with Gasteiger partial charge in [-0.05, 0) is 26.0 Å². The summed E-state index contributed by atoms with van der Waals surface area (Å²) < 4.78 is 53.5. The summed E-state index contributed by atoms with van der Waals surface area (Å²) in [6.07, 6.45) is -3.91. The molecule has 2 atom stereocenters. The Morgan fingerprint density at radius 2 is 2.11 bits per heavy atom. The normalized spacial score (nSPS) is 14.8. The molecule has 0 unspecified atom stereocenters. The van der Waals surface area contributed by atoms with E-state index < -0.39 is 33.8 Å². The lowest BCUT2D eigenvalue weighted by molar-refractivity contribution is -0.142. The van der Waals surface area contributed by atoms with E-state index in [2.05, 4.69) is 9.72 Å². The maximum atomic E-state index is 12.3. The molecule has 1 aromatic rings. The molecule has 0 aromatic carbocycles. The third-order valence-corrected chi connectivity index (χ3v) is 3.70. The molecular weight excluding hydrogens is 283 g/mol. The SMILES string of the molecule is CCOC(=O)[C@@H](C)[S@](=O)c1ccc(C(F)(F)F)cn1. The molecule has 0 aliphatic carbocycles. The predicted molar refractivity (Wildman–Crippen MR) is 61.7 cm³/mol. The van der Waals surface area contributed by atoms with Crippen LogP contribution in [0.4, 0.5) is 13.2 Å². The average Bonchev–Trinajstić information content (AvgIpc) is 2.36. The zero-order valence-electron chi connectivity index (χ0n) is 10.2. The van der Waals surface area contributed by atoms with E-state index in [1.165, 1.54) is 6.92 Å². The second-order valence-electron chi connectivity index (χ2n) is 3.57. The molecule has 0 spiro atoms. The molecule has 0 bridgehead atoms. The van der Waals surface area contributed by atoms with Gasteiger partial charge < -0.3 is 4.74 Å². The van der Waals surface area contributed by atoms with Crippen LogP contribution in [0.15, 0.2) is 23.4 Å². The molecule has 4 nitrogen and oxygen atoms in total. The van der Waals surface area contributed by atoms with Crippen molar-refractivity contribution in [1.82, 2.24) is 4.98 Å². The second kappa shape index (κ2) is 6.14. The molecule has 0 aliphatic heterocycles. The quantitative estimate of drug-likeness (QED) is 0.799. The molecule has 0 amide bonds. The highest BCUT2D eigenvalue weighted by molar-refractivity contribution is 7.86. The molecule has 0 saturated carbocycles. The van der Waals surface area contributed by atoms with Crippen molar-refractivity contribution in [3.8, 4) is 0 Å². The van der Waals surface area contributed by atoms with Gasteiger partial charge in [-0.2, -0.15) is 13.2 Å². The van der Waals surface area contributed by atoms with Gasteiger partial charge in [-0.15, -0.1) is 0 Å². The fourth-order valence-corrected chi connectivity index (χ4v) is 2.16. The number of hydrogen-bond acceptors (Lipinski definition) is 4. The van der Waals surface area contributed by atoms with Crippen molar-refractivity contribution >= 4 is 16.8 Å². The molecule has 0 N–H and O–H groups in total. The maximum Gasteiger partial charge on any atom is 0.417 e. The molecule has 1 rings (SSSR count). The molecule has 0 aliphatic rings. The summed E-state index contributed by atoms with van der Waals surface area (Å²) in [4.78, 5) is 14.8. The van der Waals surface area contributed by atoms with Gasteiger partial charge in [-0.25, -0.2) is 4.98 Å². The topological polar surface area (TPSA) is 56.3 Å². The van der Waals surface area contributed by atoms with Crippen LogP contribution in [-0.2, 0) is 26.5 Å². The zero-order chi connectivity index (χ0) is 14.6. The van der Waals surface area contributed by atoms with E-state index in [4.69, 9.17) is 0 Å². The number of ether oxygens (including phenoxy) is 1. The molecule has 19 heavy (non-hydrogen) atoms. The van der Waals surface area contributed by atoms with Crippen molar-refractivity contribution in [2.75, 3.05) is 6.61 Å². The van der Waals surface area contributed by atoms with Crippen LogP contribution in [0.25, 0.3) is 0 Å². The molecule has 106 valence electrons. The fraction of sp³-hybridized carbons (Fsp3) is 0.455. The van der Waals surface area contributed by atoms with Gasteiger partial charge in [0.2, 0.25) is 0 Å². The predicted octanol–water partition coefficient (Wildman–Crippen LogP) is 2.16. The highest BCUT2D eigenvalue weighted by Gasteiger charge is 2.31. The Morgan fingerprint density at radius 1 is 1.47 bits per heavy atom. The average molecular weight is 295 g/mol. The number of hydrogen-bond donors (Lipinski definition) is 0. The summed E-state index contributed by atoms with van der Waals surface area (Å²) in [5.74, 6) is -0.678. The van der Waals surface area contributed by atoms with Crippen molar-refractivity contribution in [3.63, 3.8) is 0 Å². The minimum Gasteiger partial charge on any atom is -0.465 e. The lowest BCUT2D eigenvalue weighted by Gasteiger charge is -2.10. The smallest absolute Gasteiger partial charge is 0.417 e. The van der Waals surface area contributed by atoms with Gasteiger partial charge in [-0.1, -0.05) is 0 Å². The Kier molecular flexibility index (Phi) is 5.04. The highest BCUT2D eigenvalue weighted by Crippen LogP contribution is 2.28. The van der Waals surface area contributed by atoms with E-state index in [9.17, 15) is 22.2 Å². The van der Waals surface area contributed by atoms with Gasteiger partial charge in [0.1, 0.15) is 10.3 Å². The van der Waals surface area contributed by atoms with Crippen molar-refractivity contribution in [3.05, 3.63) is 23.9 Å². The number of carbonyl (C=O) groups excluding carboxylic acids is 1. The fourth-order valence-electron chi connectivity index (χ4n) is 1.20. The minimum absolute atomic E-state index is 0.0893. The zero-order valence-corrected chi connectivity index (χ0v) is 11.0. The summed E-state index contributed by atoms with van der Waals surface area (Å²) >= 11 is 0. The third-order valence-electron chi connectivity index (χ3n) is 2.21. The van der Waals surface area contributed by atoms with Gasteiger partial charge in [0.05, 0.1) is 23.0 Å². The summed E-state index contributed by atoms with van der Waals surface area (Å²) in [6.45, 7) is 3.11. The Labute approximate surface area is 110 Å². The van der Waals surface area contributed by atoms with Crippen LogP contribution in [-0.4, -0.2) is 27.0 Å². The number of esters is 1. The van der Waals surface area contributed by atoms with Gasteiger partial charge >= 0.3 is 12.1 Å². The number of pyridine rings is 1. The number of rotatable bonds is 4. The molecule has 0 fully saturated rings. The monoisotopic (exact) mass is 295 g/mol. The molecule has 1 aromatic heterocycles. The number of alkyl halides is 3. The molecule has 0 radical (unpaired) electrons. The van der Waals surface area contributed by atoms with Crippen molar-refractivity contribution in [1.29, 1.82) is 0 Å². The van der Waals surface area contributed by atoms with Gasteiger partial charge in [0, 0.05) is 6.20 Å². The van der Waals surface area contributed by atoms with Gasteiger partial charge in [-0.3, -0.25) is 9.00 Å². The van der Waals surface area contributed by atoms with Crippen LogP contribution in [0.3, 0.4) is 0 Å². The first-order valence-electron chi connectivity index (χ1n) is 5.37. The van der Waals surface area contributed by atoms with E-state index in [1.807, 2.05) is 0 Å². The van der Waals surface area contributed by atoms with Crippen molar-refractivity contribution in [2.45, 2.75) is 30.3 Å². The Hall–Kier alpha value is -1.44. The summed E-state index contributed by atoms with van der Waals surface area (Å²) in [5, 5.41) is -1.07. The first kappa shape index (κ1) is 15.6. The van der Waals surface area contributed by atoms with Crippen LogP contribution in [0.1, 0.15) is 19.4 Å². The van der Waals surface area contributed by atoms with Gasteiger partial charge in [0.15, 0.2) is 0 Å². The van der Waals surface area contributed by atoms with Crippen LogP contribution >= 0.6 is 0 Å². The van der Waals surface area contributed by atoms with E-state index in [1.54, 1.807) is 6.92 Å². The van der Waals surface area contributed by atoms with Gasteiger partial charge in [0.25, 0.3) is 0 Å². The number of carbonyl (C=O) groups is 1. The number of aromatic nitrogens is 1. The molecule has 0 saturated heterocycles. The Morgan fingerprint density at radius 3 is 2.53 bits per heavy atom. The van der Waals surface area contributed by atoms with E-state index in [0.717, 1.165) is 12.1 Å². The van der Waals surface area contributed by atoms with Crippen molar-refractivity contribution < 1.29 is 26.9 Å². The summed E-state index contributed by atoms with van der Waals surface area (Å²) in [6, 6.07) is 1.77. The van der Waals surface area contributed by atoms with Crippen LogP contribution in [0.5, 0.6) is 0 Å². The summed E-state index contributed by atoms with van der Waals surface area (Å²) in [5.41, 5.74) is -0.933. The Bertz CT molecular complexity index is 473. The molecule has 8 heteroatoms. The second-order valence-corrected chi connectivity index (χ2v) is 5.29. The van der Waals surface area contributed by atoms with Crippen LogP contribution in [0, 0.1) is 0 Å². The van der Waals surface area contributed by atoms with Crippen LogP contribution < -0.4 is 0 Å². The third kappa shape index (κ3) is 4.02. The van der Waals surface area contributed by atoms with E-state index >= 15 is 0 Å². The lowest BCUT2D eigenvalue weighted by atomic mass is 10.3. The Balaban J connectivity index is 2.87.